The van der Waals surface area contributed by atoms with Crippen LogP contribution < -0.4 is 10.6 Å². The molecule has 0 unspecified atom stereocenters. The number of hydrogen-bond donors (Lipinski definition) is 3. The molecular formula is C13H22N4O4. The van der Waals surface area contributed by atoms with Gasteiger partial charge in [0, 0.05) is 32.2 Å². The first-order chi connectivity index (χ1) is 10.0. The summed E-state index contributed by atoms with van der Waals surface area (Å²) in [5, 5.41) is 14.2. The molecule has 21 heavy (non-hydrogen) atoms. The summed E-state index contributed by atoms with van der Waals surface area (Å²) in [6.45, 7) is 2.24. The van der Waals surface area contributed by atoms with Crippen molar-refractivity contribution in [3.63, 3.8) is 0 Å². The number of carbonyl (C=O) groups is 3. The fourth-order valence-electron chi connectivity index (χ4n) is 2.30. The second-order valence-electron chi connectivity index (χ2n) is 5.51. The highest BCUT2D eigenvalue weighted by atomic mass is 16.4. The minimum absolute atomic E-state index is 0.000741. The summed E-state index contributed by atoms with van der Waals surface area (Å²) in [6, 6.07) is 0.0234. The van der Waals surface area contributed by atoms with Crippen molar-refractivity contribution < 1.29 is 19.5 Å². The number of amides is 3. The number of carbonyl (C=O) groups excluding carboxylic acids is 2. The lowest BCUT2D eigenvalue weighted by Crippen LogP contribution is -2.46. The highest BCUT2D eigenvalue weighted by molar-refractivity contribution is 5.84. The predicted molar refractivity (Wildman–Crippen MR) is 74.8 cm³/mol. The van der Waals surface area contributed by atoms with Crippen LogP contribution in [-0.2, 0) is 9.59 Å². The van der Waals surface area contributed by atoms with Gasteiger partial charge in [0.1, 0.15) is 0 Å². The lowest BCUT2D eigenvalue weighted by molar-refractivity contribution is -0.138. The van der Waals surface area contributed by atoms with Crippen molar-refractivity contribution in [2.45, 2.75) is 25.3 Å². The van der Waals surface area contributed by atoms with Gasteiger partial charge in [-0.3, -0.25) is 14.5 Å². The molecule has 0 aromatic carbocycles. The summed E-state index contributed by atoms with van der Waals surface area (Å²) < 4.78 is 0. The van der Waals surface area contributed by atoms with Crippen molar-refractivity contribution in [3.8, 4) is 0 Å². The summed E-state index contributed by atoms with van der Waals surface area (Å²) >= 11 is 0. The largest absolute Gasteiger partial charge is 0.480 e. The molecule has 8 nitrogen and oxygen atoms in total. The van der Waals surface area contributed by atoms with Gasteiger partial charge in [0.25, 0.3) is 0 Å². The third-order valence-electron chi connectivity index (χ3n) is 3.58. The van der Waals surface area contributed by atoms with Crippen LogP contribution in [0.2, 0.25) is 0 Å². The molecule has 2 rings (SSSR count). The maximum Gasteiger partial charge on any atom is 0.317 e. The first-order valence-corrected chi connectivity index (χ1v) is 7.31. The van der Waals surface area contributed by atoms with Crippen molar-refractivity contribution in [1.29, 1.82) is 0 Å². The van der Waals surface area contributed by atoms with E-state index in [-0.39, 0.29) is 31.1 Å². The monoisotopic (exact) mass is 298 g/mol. The van der Waals surface area contributed by atoms with E-state index in [0.717, 1.165) is 19.3 Å². The van der Waals surface area contributed by atoms with Gasteiger partial charge >= 0.3 is 12.0 Å². The fraction of sp³-hybridized carbons (Fsp3) is 0.769. The Morgan fingerprint density at radius 1 is 1.10 bits per heavy atom. The van der Waals surface area contributed by atoms with E-state index in [2.05, 4.69) is 10.6 Å². The Kier molecular flexibility index (Phi) is 5.38. The number of aliphatic carboxylic acids is 1. The zero-order chi connectivity index (χ0) is 15.2. The first-order valence-electron chi connectivity index (χ1n) is 7.31. The maximum absolute atomic E-state index is 12.0. The molecule has 1 aliphatic carbocycles. The number of hydrogen-bond acceptors (Lipinski definition) is 4. The first kappa shape index (κ1) is 15.6. The van der Waals surface area contributed by atoms with Crippen molar-refractivity contribution in [3.05, 3.63) is 0 Å². The van der Waals surface area contributed by atoms with E-state index in [1.807, 2.05) is 4.90 Å². The number of carboxylic acid groups (broad SMARTS) is 1. The van der Waals surface area contributed by atoms with E-state index in [1.165, 1.54) is 0 Å². The molecule has 0 spiro atoms. The van der Waals surface area contributed by atoms with Gasteiger partial charge in [-0.1, -0.05) is 0 Å². The van der Waals surface area contributed by atoms with Crippen LogP contribution in [0.25, 0.3) is 0 Å². The number of nitrogens with zero attached hydrogens (tertiary/aromatic N) is 2. The average molecular weight is 298 g/mol. The Hall–Kier alpha value is -1.83. The number of carboxylic acids is 1. The van der Waals surface area contributed by atoms with Crippen LogP contribution in [0.15, 0.2) is 0 Å². The topological polar surface area (TPSA) is 102 Å². The van der Waals surface area contributed by atoms with Crippen molar-refractivity contribution in [1.82, 2.24) is 20.4 Å². The Morgan fingerprint density at radius 3 is 2.52 bits per heavy atom. The molecule has 3 N–H and O–H groups in total. The molecule has 3 amide bonds. The molecule has 0 aromatic heterocycles. The SMILES string of the molecule is O=C(O)CN1CCCN(C(=O)NCC(=O)NC2CC2)CC1. The number of rotatable bonds is 5. The summed E-state index contributed by atoms with van der Waals surface area (Å²) in [4.78, 5) is 37.6. The molecule has 2 aliphatic rings. The molecule has 1 aliphatic heterocycles. The summed E-state index contributed by atoms with van der Waals surface area (Å²) in [5.41, 5.74) is 0. The molecule has 1 saturated heterocycles. The average Bonchev–Trinajstić information content (AvgIpc) is 3.23. The van der Waals surface area contributed by atoms with Crippen LogP contribution in [0.3, 0.4) is 0 Å². The molecule has 8 heteroatoms. The number of nitrogens with one attached hydrogen (secondary N) is 2. The zero-order valence-electron chi connectivity index (χ0n) is 12.0. The van der Waals surface area contributed by atoms with Crippen LogP contribution in [0.1, 0.15) is 19.3 Å². The van der Waals surface area contributed by atoms with Crippen LogP contribution in [0.5, 0.6) is 0 Å². The van der Waals surface area contributed by atoms with E-state index in [0.29, 0.717) is 26.2 Å². The molecule has 2 fully saturated rings. The quantitative estimate of drug-likeness (QED) is 0.608. The predicted octanol–water partition coefficient (Wildman–Crippen LogP) is -0.933. The Labute approximate surface area is 123 Å². The second kappa shape index (κ2) is 7.26. The maximum atomic E-state index is 12.0. The Bertz CT molecular complexity index is 411. The van der Waals surface area contributed by atoms with Gasteiger partial charge in [-0.25, -0.2) is 4.79 Å². The van der Waals surface area contributed by atoms with Gasteiger partial charge < -0.3 is 20.6 Å². The third kappa shape index (κ3) is 5.58. The second-order valence-corrected chi connectivity index (χ2v) is 5.51. The van der Waals surface area contributed by atoms with Crippen LogP contribution >= 0.6 is 0 Å². The number of urea groups is 1. The van der Waals surface area contributed by atoms with Crippen molar-refractivity contribution >= 4 is 17.9 Å². The standard InChI is InChI=1S/C13H22N4O4/c18-11(15-10-2-3-10)8-14-13(21)17-5-1-4-16(6-7-17)9-12(19)20/h10H,1-9H2,(H,14,21)(H,15,18)(H,19,20). The smallest absolute Gasteiger partial charge is 0.317 e. The van der Waals surface area contributed by atoms with Gasteiger partial charge in [0.2, 0.25) is 5.91 Å². The summed E-state index contributed by atoms with van der Waals surface area (Å²) in [7, 11) is 0. The highest BCUT2D eigenvalue weighted by Crippen LogP contribution is 2.18. The van der Waals surface area contributed by atoms with Gasteiger partial charge in [0.05, 0.1) is 13.1 Å². The van der Waals surface area contributed by atoms with E-state index < -0.39 is 5.97 Å². The Morgan fingerprint density at radius 2 is 1.86 bits per heavy atom. The van der Waals surface area contributed by atoms with E-state index in [4.69, 9.17) is 5.11 Å². The lowest BCUT2D eigenvalue weighted by atomic mass is 10.4. The fourth-order valence-corrected chi connectivity index (χ4v) is 2.30. The molecule has 1 heterocycles. The van der Waals surface area contributed by atoms with Crippen molar-refractivity contribution in [2.75, 3.05) is 39.3 Å². The molecule has 0 radical (unpaired) electrons. The molecule has 0 bridgehead atoms. The van der Waals surface area contributed by atoms with Gasteiger partial charge in [0.15, 0.2) is 0 Å². The molecule has 0 atom stereocenters. The van der Waals surface area contributed by atoms with Crippen LogP contribution in [0.4, 0.5) is 4.79 Å². The zero-order valence-corrected chi connectivity index (χ0v) is 12.0. The van der Waals surface area contributed by atoms with Gasteiger partial charge in [-0.15, -0.1) is 0 Å². The lowest BCUT2D eigenvalue weighted by Gasteiger charge is -2.21. The third-order valence-corrected chi connectivity index (χ3v) is 3.58. The van der Waals surface area contributed by atoms with Gasteiger partial charge in [-0.05, 0) is 19.3 Å². The molecule has 118 valence electrons. The van der Waals surface area contributed by atoms with E-state index >= 15 is 0 Å². The molecular weight excluding hydrogens is 276 g/mol. The summed E-state index contributed by atoms with van der Waals surface area (Å²) in [5.74, 6) is -1.02. The van der Waals surface area contributed by atoms with Crippen LogP contribution in [0, 0.1) is 0 Å². The van der Waals surface area contributed by atoms with Crippen molar-refractivity contribution in [2.24, 2.45) is 0 Å². The van der Waals surface area contributed by atoms with E-state index in [9.17, 15) is 14.4 Å². The summed E-state index contributed by atoms with van der Waals surface area (Å²) in [6.07, 6.45) is 2.77. The minimum Gasteiger partial charge on any atom is -0.480 e. The Balaban J connectivity index is 1.69. The molecule has 1 saturated carbocycles. The molecule has 0 aromatic rings. The van der Waals surface area contributed by atoms with E-state index in [1.54, 1.807) is 4.90 Å². The normalized spacial score (nSPS) is 19.7. The van der Waals surface area contributed by atoms with Gasteiger partial charge in [-0.2, -0.15) is 0 Å². The van der Waals surface area contributed by atoms with Crippen LogP contribution in [-0.4, -0.2) is 78.1 Å². The minimum atomic E-state index is -0.857. The highest BCUT2D eigenvalue weighted by Gasteiger charge is 2.24.